The van der Waals surface area contributed by atoms with Crippen molar-refractivity contribution in [3.63, 3.8) is 0 Å². The molecule has 6 heteroatoms. The molecule has 21 heavy (non-hydrogen) atoms. The van der Waals surface area contributed by atoms with Crippen molar-refractivity contribution in [2.24, 2.45) is 5.92 Å². The molecule has 0 bridgehead atoms. The van der Waals surface area contributed by atoms with Crippen molar-refractivity contribution >= 4 is 11.9 Å². The Hall–Kier alpha value is -1.85. The van der Waals surface area contributed by atoms with Gasteiger partial charge in [-0.05, 0) is 33.1 Å². The van der Waals surface area contributed by atoms with E-state index in [1.54, 1.807) is 11.8 Å². The Balaban J connectivity index is 1.94. The predicted molar refractivity (Wildman–Crippen MR) is 75.8 cm³/mol. The molecule has 1 heterocycles. The SMILES string of the molecule is Cc1noc(C)c1CCC(=O)N(CC(C)C(=O)O)C1CC1. The van der Waals surface area contributed by atoms with Crippen LogP contribution in [0.2, 0.25) is 0 Å². The molecule has 0 saturated heterocycles. The number of aliphatic carboxylic acids is 1. The number of carboxylic acids is 1. The lowest BCUT2D eigenvalue weighted by Gasteiger charge is -2.24. The molecule has 1 amide bonds. The van der Waals surface area contributed by atoms with Crippen molar-refractivity contribution in [1.82, 2.24) is 10.1 Å². The molecule has 2 rings (SSSR count). The van der Waals surface area contributed by atoms with E-state index in [0.717, 1.165) is 29.9 Å². The first kappa shape index (κ1) is 15.5. The molecule has 1 aromatic heterocycles. The number of aromatic nitrogens is 1. The van der Waals surface area contributed by atoms with Crippen LogP contribution in [0.25, 0.3) is 0 Å². The van der Waals surface area contributed by atoms with Crippen LogP contribution in [0.5, 0.6) is 0 Å². The number of hydrogen-bond donors (Lipinski definition) is 1. The number of carbonyl (C=O) groups is 2. The Morgan fingerprint density at radius 3 is 2.57 bits per heavy atom. The number of aryl methyl sites for hydroxylation is 2. The van der Waals surface area contributed by atoms with Crippen LogP contribution in [0.3, 0.4) is 0 Å². The average molecular weight is 294 g/mol. The Morgan fingerprint density at radius 2 is 2.10 bits per heavy atom. The molecule has 0 radical (unpaired) electrons. The third-order valence-electron chi connectivity index (χ3n) is 3.97. The lowest BCUT2D eigenvalue weighted by atomic mass is 10.1. The van der Waals surface area contributed by atoms with Crippen LogP contribution >= 0.6 is 0 Å². The van der Waals surface area contributed by atoms with Crippen LogP contribution in [0.1, 0.15) is 43.2 Å². The summed E-state index contributed by atoms with van der Waals surface area (Å²) in [7, 11) is 0. The van der Waals surface area contributed by atoms with Gasteiger partial charge < -0.3 is 14.5 Å². The van der Waals surface area contributed by atoms with Crippen LogP contribution in [-0.2, 0) is 16.0 Å². The van der Waals surface area contributed by atoms with Gasteiger partial charge in [0.25, 0.3) is 0 Å². The second-order valence-electron chi connectivity index (χ2n) is 5.82. The van der Waals surface area contributed by atoms with Gasteiger partial charge in [0, 0.05) is 24.6 Å². The lowest BCUT2D eigenvalue weighted by molar-refractivity contribution is -0.143. The molecule has 1 aliphatic carbocycles. The van der Waals surface area contributed by atoms with Crippen molar-refractivity contribution < 1.29 is 19.2 Å². The second kappa shape index (κ2) is 6.28. The summed E-state index contributed by atoms with van der Waals surface area (Å²) in [5.41, 5.74) is 1.79. The van der Waals surface area contributed by atoms with E-state index >= 15 is 0 Å². The van der Waals surface area contributed by atoms with Gasteiger partial charge in [0.2, 0.25) is 5.91 Å². The Labute approximate surface area is 124 Å². The van der Waals surface area contributed by atoms with Gasteiger partial charge in [-0.25, -0.2) is 0 Å². The summed E-state index contributed by atoms with van der Waals surface area (Å²) in [4.78, 5) is 25.1. The third kappa shape index (κ3) is 3.83. The van der Waals surface area contributed by atoms with Crippen molar-refractivity contribution in [1.29, 1.82) is 0 Å². The van der Waals surface area contributed by atoms with Gasteiger partial charge >= 0.3 is 5.97 Å². The van der Waals surface area contributed by atoms with Crippen molar-refractivity contribution in [3.8, 4) is 0 Å². The minimum absolute atomic E-state index is 0.0191. The number of nitrogens with zero attached hydrogens (tertiary/aromatic N) is 2. The molecule has 1 atom stereocenters. The van der Waals surface area contributed by atoms with Gasteiger partial charge in [0.1, 0.15) is 5.76 Å². The summed E-state index contributed by atoms with van der Waals surface area (Å²) < 4.78 is 5.09. The zero-order valence-electron chi connectivity index (χ0n) is 12.8. The minimum atomic E-state index is -0.862. The second-order valence-corrected chi connectivity index (χ2v) is 5.82. The molecular weight excluding hydrogens is 272 g/mol. The van der Waals surface area contributed by atoms with Gasteiger partial charge in [0.15, 0.2) is 0 Å². The van der Waals surface area contributed by atoms with Gasteiger partial charge in [0.05, 0.1) is 11.6 Å². The Bertz CT molecular complexity index is 514. The van der Waals surface area contributed by atoms with Crippen LogP contribution in [0.4, 0.5) is 0 Å². The van der Waals surface area contributed by atoms with E-state index in [9.17, 15) is 9.59 Å². The highest BCUT2D eigenvalue weighted by molar-refractivity contribution is 5.78. The van der Waals surface area contributed by atoms with Gasteiger partial charge in [-0.15, -0.1) is 0 Å². The van der Waals surface area contributed by atoms with E-state index < -0.39 is 11.9 Å². The average Bonchev–Trinajstić information content (AvgIpc) is 3.21. The first-order chi connectivity index (χ1) is 9.90. The lowest BCUT2D eigenvalue weighted by Crippen LogP contribution is -2.38. The summed E-state index contributed by atoms with van der Waals surface area (Å²) in [5, 5.41) is 12.9. The van der Waals surface area contributed by atoms with E-state index in [1.807, 2.05) is 13.8 Å². The highest BCUT2D eigenvalue weighted by atomic mass is 16.5. The fraction of sp³-hybridized carbons (Fsp3) is 0.667. The summed E-state index contributed by atoms with van der Waals surface area (Å²) >= 11 is 0. The molecule has 1 aromatic rings. The molecule has 0 aliphatic heterocycles. The van der Waals surface area contributed by atoms with Crippen molar-refractivity contribution in [2.45, 2.75) is 52.5 Å². The molecule has 1 N–H and O–H groups in total. The number of hydrogen-bond acceptors (Lipinski definition) is 4. The van der Waals surface area contributed by atoms with Crippen molar-refractivity contribution in [2.75, 3.05) is 6.54 Å². The van der Waals surface area contributed by atoms with Crippen LogP contribution in [0, 0.1) is 19.8 Å². The first-order valence-corrected chi connectivity index (χ1v) is 7.34. The molecule has 1 aliphatic rings. The standard InChI is InChI=1S/C15H22N2O4/c1-9(15(19)20)8-17(12-4-5-12)14(18)7-6-13-10(2)16-21-11(13)3/h9,12H,4-8H2,1-3H3,(H,19,20). The zero-order valence-corrected chi connectivity index (χ0v) is 12.8. The maximum atomic E-state index is 12.4. The van der Waals surface area contributed by atoms with Gasteiger partial charge in [-0.1, -0.05) is 12.1 Å². The Morgan fingerprint density at radius 1 is 1.43 bits per heavy atom. The Kier molecular flexibility index (Phi) is 4.65. The largest absolute Gasteiger partial charge is 0.481 e. The monoisotopic (exact) mass is 294 g/mol. The zero-order chi connectivity index (χ0) is 15.6. The molecule has 0 aromatic carbocycles. The number of rotatable bonds is 7. The summed E-state index contributed by atoms with van der Waals surface area (Å²) in [6.45, 7) is 5.63. The maximum absolute atomic E-state index is 12.4. The summed E-state index contributed by atoms with van der Waals surface area (Å²) in [6.07, 6.45) is 2.91. The van der Waals surface area contributed by atoms with Crippen LogP contribution in [-0.4, -0.2) is 39.6 Å². The topological polar surface area (TPSA) is 83.6 Å². The van der Waals surface area contributed by atoms with Gasteiger partial charge in [-0.3, -0.25) is 9.59 Å². The van der Waals surface area contributed by atoms with Gasteiger partial charge in [-0.2, -0.15) is 0 Å². The summed E-state index contributed by atoms with van der Waals surface area (Å²) in [6, 6.07) is 0.226. The molecule has 1 unspecified atom stereocenters. The third-order valence-corrected chi connectivity index (χ3v) is 3.97. The molecular formula is C15H22N2O4. The molecule has 6 nitrogen and oxygen atoms in total. The number of carboxylic acid groups (broad SMARTS) is 1. The predicted octanol–water partition coefficient (Wildman–Crippen LogP) is 1.94. The number of carbonyl (C=O) groups excluding carboxylic acids is 1. The smallest absolute Gasteiger partial charge is 0.308 e. The van der Waals surface area contributed by atoms with E-state index in [2.05, 4.69) is 5.16 Å². The van der Waals surface area contributed by atoms with E-state index in [1.165, 1.54) is 0 Å². The normalized spacial score (nSPS) is 15.8. The van der Waals surface area contributed by atoms with E-state index in [-0.39, 0.29) is 11.9 Å². The van der Waals surface area contributed by atoms with E-state index in [0.29, 0.717) is 19.4 Å². The molecule has 1 fully saturated rings. The highest BCUT2D eigenvalue weighted by Crippen LogP contribution is 2.28. The van der Waals surface area contributed by atoms with Crippen molar-refractivity contribution in [3.05, 3.63) is 17.0 Å². The van der Waals surface area contributed by atoms with Crippen LogP contribution < -0.4 is 0 Å². The molecule has 116 valence electrons. The highest BCUT2D eigenvalue weighted by Gasteiger charge is 2.34. The maximum Gasteiger partial charge on any atom is 0.308 e. The quantitative estimate of drug-likeness (QED) is 0.830. The molecule has 0 spiro atoms. The fourth-order valence-electron chi connectivity index (χ4n) is 2.45. The first-order valence-electron chi connectivity index (χ1n) is 7.34. The number of amides is 1. The minimum Gasteiger partial charge on any atom is -0.481 e. The molecule has 1 saturated carbocycles. The van der Waals surface area contributed by atoms with E-state index in [4.69, 9.17) is 9.63 Å². The fourth-order valence-corrected chi connectivity index (χ4v) is 2.45. The summed E-state index contributed by atoms with van der Waals surface area (Å²) in [5.74, 6) is -0.629. The van der Waals surface area contributed by atoms with Crippen LogP contribution in [0.15, 0.2) is 4.52 Å².